The summed E-state index contributed by atoms with van der Waals surface area (Å²) in [4.78, 5) is 13.3. The van der Waals surface area contributed by atoms with Crippen molar-refractivity contribution in [3.05, 3.63) is 22.7 Å². The van der Waals surface area contributed by atoms with E-state index in [1.165, 1.54) is 6.42 Å². The first-order valence-corrected chi connectivity index (χ1v) is 8.54. The van der Waals surface area contributed by atoms with Crippen LogP contribution in [0.5, 0.6) is 11.5 Å². The van der Waals surface area contributed by atoms with Crippen LogP contribution in [0, 0.1) is 5.92 Å². The first kappa shape index (κ1) is 18.8. The highest BCUT2D eigenvalue weighted by atomic mass is 35.5. The summed E-state index contributed by atoms with van der Waals surface area (Å²) in [7, 11) is 1.54. The minimum atomic E-state index is -0.563. The molecule has 0 saturated carbocycles. The van der Waals surface area contributed by atoms with Gasteiger partial charge in [-0.2, -0.15) is 0 Å². The van der Waals surface area contributed by atoms with Gasteiger partial charge < -0.3 is 20.9 Å². The highest BCUT2D eigenvalue weighted by Gasteiger charge is 2.23. The number of primary amides is 1. The summed E-state index contributed by atoms with van der Waals surface area (Å²) in [5.74, 6) is 0.801. The maximum absolute atomic E-state index is 10.9. The monoisotopic (exact) mass is 355 g/mol. The van der Waals surface area contributed by atoms with Crippen molar-refractivity contribution in [2.45, 2.75) is 32.4 Å². The minimum Gasteiger partial charge on any atom is -0.493 e. The lowest BCUT2D eigenvalue weighted by molar-refractivity contribution is -0.119. The van der Waals surface area contributed by atoms with Crippen LogP contribution < -0.4 is 20.9 Å². The molecule has 2 rings (SSSR count). The van der Waals surface area contributed by atoms with E-state index in [9.17, 15) is 4.79 Å². The molecule has 0 spiro atoms. The number of ether oxygens (including phenoxy) is 2. The molecule has 0 radical (unpaired) electrons. The SMILES string of the molecule is COc1cc(CN2CCCC(C(C)N)C2)cc(Cl)c1OCC(N)=O. The summed E-state index contributed by atoms with van der Waals surface area (Å²) in [5, 5.41) is 0.409. The van der Waals surface area contributed by atoms with Crippen molar-refractivity contribution in [3.63, 3.8) is 0 Å². The minimum absolute atomic E-state index is 0.204. The third-order valence-corrected chi connectivity index (χ3v) is 4.62. The average Bonchev–Trinajstić information content (AvgIpc) is 2.53. The zero-order valence-corrected chi connectivity index (χ0v) is 15.0. The van der Waals surface area contributed by atoms with Gasteiger partial charge in [0.25, 0.3) is 5.91 Å². The van der Waals surface area contributed by atoms with E-state index >= 15 is 0 Å². The number of rotatable bonds is 7. The topological polar surface area (TPSA) is 90.8 Å². The molecule has 1 saturated heterocycles. The predicted octanol–water partition coefficient (Wildman–Crippen LogP) is 1.77. The number of piperidine rings is 1. The first-order chi connectivity index (χ1) is 11.4. The van der Waals surface area contributed by atoms with Crippen LogP contribution in [0.3, 0.4) is 0 Å². The Labute approximate surface area is 148 Å². The van der Waals surface area contributed by atoms with Crippen LogP contribution >= 0.6 is 11.6 Å². The van der Waals surface area contributed by atoms with Gasteiger partial charge in [0.1, 0.15) is 0 Å². The molecule has 1 aromatic carbocycles. The summed E-state index contributed by atoms with van der Waals surface area (Å²) in [6, 6.07) is 3.93. The van der Waals surface area contributed by atoms with Crippen molar-refractivity contribution in [2.75, 3.05) is 26.8 Å². The number of nitrogens with zero attached hydrogens (tertiary/aromatic N) is 1. The molecule has 7 heteroatoms. The molecule has 1 heterocycles. The molecule has 6 nitrogen and oxygen atoms in total. The molecule has 0 aliphatic carbocycles. The highest BCUT2D eigenvalue weighted by molar-refractivity contribution is 6.32. The van der Waals surface area contributed by atoms with Gasteiger partial charge >= 0.3 is 0 Å². The lowest BCUT2D eigenvalue weighted by Crippen LogP contribution is -2.41. The number of nitrogens with two attached hydrogens (primary N) is 2. The van der Waals surface area contributed by atoms with Crippen LogP contribution in [-0.2, 0) is 11.3 Å². The summed E-state index contributed by atoms with van der Waals surface area (Å²) >= 11 is 6.30. The largest absolute Gasteiger partial charge is 0.493 e. The van der Waals surface area contributed by atoms with Crippen molar-refractivity contribution < 1.29 is 14.3 Å². The van der Waals surface area contributed by atoms with E-state index in [-0.39, 0.29) is 12.6 Å². The molecule has 1 aromatic rings. The van der Waals surface area contributed by atoms with E-state index in [0.717, 1.165) is 31.6 Å². The average molecular weight is 356 g/mol. The van der Waals surface area contributed by atoms with E-state index < -0.39 is 5.91 Å². The van der Waals surface area contributed by atoms with Gasteiger partial charge in [-0.15, -0.1) is 0 Å². The first-order valence-electron chi connectivity index (χ1n) is 8.16. The summed E-state index contributed by atoms with van der Waals surface area (Å²) in [6.45, 7) is 4.63. The summed E-state index contributed by atoms with van der Waals surface area (Å²) < 4.78 is 10.7. The van der Waals surface area contributed by atoms with Crippen LogP contribution in [0.1, 0.15) is 25.3 Å². The molecule has 1 fully saturated rings. The van der Waals surface area contributed by atoms with Crippen molar-refractivity contribution in [1.29, 1.82) is 0 Å². The molecule has 0 bridgehead atoms. The molecule has 1 aliphatic rings. The number of likely N-dealkylation sites (tertiary alicyclic amines) is 1. The van der Waals surface area contributed by atoms with Crippen molar-refractivity contribution in [2.24, 2.45) is 17.4 Å². The Morgan fingerprint density at radius 3 is 2.88 bits per heavy atom. The predicted molar refractivity (Wildman–Crippen MR) is 94.3 cm³/mol. The number of carbonyl (C=O) groups is 1. The molecule has 2 atom stereocenters. The van der Waals surface area contributed by atoms with E-state index in [2.05, 4.69) is 11.8 Å². The van der Waals surface area contributed by atoms with Gasteiger partial charge in [0.05, 0.1) is 12.1 Å². The van der Waals surface area contributed by atoms with E-state index in [1.807, 2.05) is 12.1 Å². The van der Waals surface area contributed by atoms with Gasteiger partial charge in [0, 0.05) is 19.1 Å². The lowest BCUT2D eigenvalue weighted by Gasteiger charge is -2.34. The highest BCUT2D eigenvalue weighted by Crippen LogP contribution is 2.37. The summed E-state index contributed by atoms with van der Waals surface area (Å²) in [5.41, 5.74) is 12.2. The zero-order chi connectivity index (χ0) is 17.7. The fraction of sp³-hybridized carbons (Fsp3) is 0.588. The molecule has 2 unspecified atom stereocenters. The Morgan fingerprint density at radius 2 is 2.25 bits per heavy atom. The van der Waals surface area contributed by atoms with Crippen molar-refractivity contribution in [1.82, 2.24) is 4.90 Å². The van der Waals surface area contributed by atoms with Gasteiger partial charge in [0.15, 0.2) is 18.1 Å². The normalized spacial score (nSPS) is 19.8. The van der Waals surface area contributed by atoms with E-state index in [0.29, 0.717) is 22.4 Å². The maximum Gasteiger partial charge on any atom is 0.255 e. The fourth-order valence-electron chi connectivity index (χ4n) is 3.07. The summed E-state index contributed by atoms with van der Waals surface area (Å²) in [6.07, 6.45) is 2.33. The Kier molecular flexibility index (Phi) is 6.71. The number of benzene rings is 1. The maximum atomic E-state index is 10.9. The molecule has 134 valence electrons. The number of amides is 1. The van der Waals surface area contributed by atoms with Crippen LogP contribution in [0.25, 0.3) is 0 Å². The van der Waals surface area contributed by atoms with Crippen LogP contribution in [0.2, 0.25) is 5.02 Å². The molecule has 24 heavy (non-hydrogen) atoms. The number of hydrogen-bond acceptors (Lipinski definition) is 5. The second-order valence-corrected chi connectivity index (χ2v) is 6.77. The van der Waals surface area contributed by atoms with E-state index in [1.54, 1.807) is 7.11 Å². The number of methoxy groups -OCH3 is 1. The second kappa shape index (κ2) is 8.55. The Balaban J connectivity index is 2.10. The standard InChI is InChI=1S/C17H26ClN3O3/c1-11(19)13-4-3-5-21(9-13)8-12-6-14(18)17(15(7-12)23-2)24-10-16(20)22/h6-7,11,13H,3-5,8-10,19H2,1-2H3,(H2,20,22). The molecule has 1 amide bonds. The molecule has 0 aromatic heterocycles. The number of carbonyl (C=O) groups excluding carboxylic acids is 1. The fourth-order valence-corrected chi connectivity index (χ4v) is 3.36. The Morgan fingerprint density at radius 1 is 1.50 bits per heavy atom. The number of hydrogen-bond donors (Lipinski definition) is 2. The molecular formula is C17H26ClN3O3. The lowest BCUT2D eigenvalue weighted by atomic mass is 9.92. The third kappa shape index (κ3) is 5.00. The van der Waals surface area contributed by atoms with Gasteiger partial charge in [0.2, 0.25) is 0 Å². The van der Waals surface area contributed by atoms with Gasteiger partial charge in [-0.25, -0.2) is 0 Å². The quantitative estimate of drug-likeness (QED) is 0.777. The molecule has 4 N–H and O–H groups in total. The third-order valence-electron chi connectivity index (χ3n) is 4.34. The van der Waals surface area contributed by atoms with E-state index in [4.69, 9.17) is 32.5 Å². The smallest absolute Gasteiger partial charge is 0.255 e. The number of halogens is 1. The molecule has 1 aliphatic heterocycles. The zero-order valence-electron chi connectivity index (χ0n) is 14.3. The Bertz CT molecular complexity index is 580. The van der Waals surface area contributed by atoms with Crippen molar-refractivity contribution in [3.8, 4) is 11.5 Å². The van der Waals surface area contributed by atoms with Crippen LogP contribution in [0.4, 0.5) is 0 Å². The Hall–Kier alpha value is -1.50. The second-order valence-electron chi connectivity index (χ2n) is 6.36. The molecular weight excluding hydrogens is 330 g/mol. The van der Waals surface area contributed by atoms with Crippen molar-refractivity contribution >= 4 is 17.5 Å². The van der Waals surface area contributed by atoms with Gasteiger partial charge in [-0.3, -0.25) is 9.69 Å². The van der Waals surface area contributed by atoms with Crippen LogP contribution in [-0.4, -0.2) is 43.7 Å². The van der Waals surface area contributed by atoms with Gasteiger partial charge in [-0.05, 0) is 49.9 Å². The van der Waals surface area contributed by atoms with Gasteiger partial charge in [-0.1, -0.05) is 11.6 Å². The van der Waals surface area contributed by atoms with Crippen LogP contribution in [0.15, 0.2) is 12.1 Å².